The van der Waals surface area contributed by atoms with E-state index in [0.717, 1.165) is 4.73 Å². The normalized spacial score (nSPS) is 28.5. The minimum absolute atomic E-state index is 0.0163. The van der Waals surface area contributed by atoms with Crippen LogP contribution < -0.4 is 4.73 Å². The number of aromatic nitrogens is 1. The Bertz CT molecular complexity index is 495. The van der Waals surface area contributed by atoms with Crippen LogP contribution in [-0.2, 0) is 15.1 Å². The zero-order valence-corrected chi connectivity index (χ0v) is 10.1. The number of carbonyl (C=O) groups is 1. The van der Waals surface area contributed by atoms with Gasteiger partial charge in [-0.05, 0) is 19.9 Å². The summed E-state index contributed by atoms with van der Waals surface area (Å²) in [6.45, 7) is 5.27. The monoisotopic (exact) mass is 233 g/mol. The molecule has 0 N–H and O–H groups in total. The van der Waals surface area contributed by atoms with Gasteiger partial charge in [-0.1, -0.05) is 6.92 Å². The van der Waals surface area contributed by atoms with Gasteiger partial charge in [-0.3, -0.25) is 4.79 Å². The summed E-state index contributed by atoms with van der Waals surface area (Å²) in [6, 6.07) is 5.10. The van der Waals surface area contributed by atoms with E-state index in [0.29, 0.717) is 11.3 Å². The third-order valence-corrected chi connectivity index (χ3v) is 3.42. The van der Waals surface area contributed by atoms with E-state index >= 15 is 0 Å². The molecule has 0 radical (unpaired) electrons. The van der Waals surface area contributed by atoms with Gasteiger partial charge < -0.3 is 9.94 Å². The number of rotatable bonds is 1. The molecule has 1 aromatic rings. The van der Waals surface area contributed by atoms with E-state index in [1.807, 2.05) is 0 Å². The number of carbonyl (C=O) groups excluding carboxylic acids is 1. The van der Waals surface area contributed by atoms with Crippen molar-refractivity contribution in [3.05, 3.63) is 47.1 Å². The Morgan fingerprint density at radius 3 is 2.82 bits per heavy atom. The first kappa shape index (κ1) is 11.6. The van der Waals surface area contributed by atoms with Gasteiger partial charge in [-0.15, -0.1) is 0 Å². The van der Waals surface area contributed by atoms with Gasteiger partial charge in [-0.2, -0.15) is 4.73 Å². The molecule has 0 spiro atoms. The third-order valence-electron chi connectivity index (χ3n) is 3.42. The molecule has 0 bridgehead atoms. The molecule has 1 aromatic heterocycles. The number of Topliss-reactive ketones (excluding diaryl/α,β-unsaturated/α-hetero) is 1. The SMILES string of the molecule is CC1=CO[C@](C)(c2cccc[n+]2[O-])[C@H](C)C1=O. The van der Waals surface area contributed by atoms with E-state index in [-0.39, 0.29) is 11.7 Å². The van der Waals surface area contributed by atoms with Crippen LogP contribution in [-0.4, -0.2) is 5.78 Å². The molecule has 1 aliphatic heterocycles. The molecule has 0 unspecified atom stereocenters. The van der Waals surface area contributed by atoms with Crippen LogP contribution in [0.25, 0.3) is 0 Å². The van der Waals surface area contributed by atoms with Gasteiger partial charge in [-0.25, -0.2) is 0 Å². The Morgan fingerprint density at radius 2 is 2.18 bits per heavy atom. The standard InChI is InChI=1S/C13H15NO3/c1-9-8-17-13(3,10(2)12(9)15)11-6-4-5-7-14(11)16/h4-8,10H,1-3H3/t10-,13+/m1/s1. The molecule has 0 amide bonds. The lowest BCUT2D eigenvalue weighted by Gasteiger charge is -2.35. The Balaban J connectivity index is 2.51. The summed E-state index contributed by atoms with van der Waals surface area (Å²) in [5, 5.41) is 11.8. The first-order valence-corrected chi connectivity index (χ1v) is 5.54. The summed E-state index contributed by atoms with van der Waals surface area (Å²) < 4.78 is 6.37. The molecule has 2 rings (SSSR count). The van der Waals surface area contributed by atoms with E-state index in [2.05, 4.69) is 0 Å². The lowest BCUT2D eigenvalue weighted by Crippen LogP contribution is -2.48. The second kappa shape index (κ2) is 3.87. The van der Waals surface area contributed by atoms with Crippen molar-refractivity contribution in [2.45, 2.75) is 26.4 Å². The van der Waals surface area contributed by atoms with Crippen LogP contribution in [0.3, 0.4) is 0 Å². The fourth-order valence-corrected chi connectivity index (χ4v) is 2.06. The van der Waals surface area contributed by atoms with Gasteiger partial charge >= 0.3 is 0 Å². The average molecular weight is 233 g/mol. The van der Waals surface area contributed by atoms with Gasteiger partial charge in [0.05, 0.1) is 12.2 Å². The maximum absolute atomic E-state index is 12.0. The lowest BCUT2D eigenvalue weighted by atomic mass is 9.80. The predicted molar refractivity (Wildman–Crippen MR) is 61.8 cm³/mol. The van der Waals surface area contributed by atoms with Crippen molar-refractivity contribution in [3.8, 4) is 0 Å². The summed E-state index contributed by atoms with van der Waals surface area (Å²) in [6.07, 6.45) is 2.85. The van der Waals surface area contributed by atoms with Crippen LogP contribution in [0, 0.1) is 11.1 Å². The first-order chi connectivity index (χ1) is 7.97. The highest BCUT2D eigenvalue weighted by Gasteiger charge is 2.47. The van der Waals surface area contributed by atoms with Crippen molar-refractivity contribution in [2.75, 3.05) is 0 Å². The number of ketones is 1. The summed E-state index contributed by atoms with van der Waals surface area (Å²) in [7, 11) is 0. The maximum atomic E-state index is 12.0. The van der Waals surface area contributed by atoms with Gasteiger partial charge in [0.15, 0.2) is 17.6 Å². The highest BCUT2D eigenvalue weighted by atomic mass is 16.5. The van der Waals surface area contributed by atoms with E-state index in [1.165, 1.54) is 12.5 Å². The number of pyridine rings is 1. The van der Waals surface area contributed by atoms with Crippen molar-refractivity contribution in [2.24, 2.45) is 5.92 Å². The third kappa shape index (κ3) is 1.69. The van der Waals surface area contributed by atoms with Gasteiger partial charge in [0.1, 0.15) is 0 Å². The fourth-order valence-electron chi connectivity index (χ4n) is 2.06. The van der Waals surface area contributed by atoms with Crippen LogP contribution in [0.4, 0.5) is 0 Å². The lowest BCUT2D eigenvalue weighted by molar-refractivity contribution is -0.623. The van der Waals surface area contributed by atoms with E-state index in [1.54, 1.807) is 39.0 Å². The molecule has 2 heterocycles. The van der Waals surface area contributed by atoms with Crippen LogP contribution >= 0.6 is 0 Å². The molecule has 0 fully saturated rings. The molecule has 0 aromatic carbocycles. The zero-order valence-electron chi connectivity index (χ0n) is 10.1. The Morgan fingerprint density at radius 1 is 1.47 bits per heavy atom. The zero-order chi connectivity index (χ0) is 12.6. The summed E-state index contributed by atoms with van der Waals surface area (Å²) in [5.41, 5.74) is 0.132. The van der Waals surface area contributed by atoms with Crippen molar-refractivity contribution in [1.82, 2.24) is 0 Å². The summed E-state index contributed by atoms with van der Waals surface area (Å²) >= 11 is 0. The molecule has 17 heavy (non-hydrogen) atoms. The number of nitrogens with zero attached hydrogens (tertiary/aromatic N) is 1. The summed E-state index contributed by atoms with van der Waals surface area (Å²) in [4.78, 5) is 12.0. The largest absolute Gasteiger partial charge is 0.618 e. The second-order valence-corrected chi connectivity index (χ2v) is 4.52. The van der Waals surface area contributed by atoms with Crippen molar-refractivity contribution >= 4 is 5.78 Å². The molecule has 4 heteroatoms. The van der Waals surface area contributed by atoms with Gasteiger partial charge in [0.25, 0.3) is 0 Å². The molecule has 4 nitrogen and oxygen atoms in total. The number of ether oxygens (including phenoxy) is 1. The smallest absolute Gasteiger partial charge is 0.237 e. The quantitative estimate of drug-likeness (QED) is 0.547. The van der Waals surface area contributed by atoms with Crippen molar-refractivity contribution in [1.29, 1.82) is 0 Å². The van der Waals surface area contributed by atoms with Crippen molar-refractivity contribution in [3.63, 3.8) is 0 Å². The molecule has 0 saturated carbocycles. The van der Waals surface area contributed by atoms with Crippen LogP contribution in [0.1, 0.15) is 26.5 Å². The topological polar surface area (TPSA) is 53.2 Å². The first-order valence-electron chi connectivity index (χ1n) is 5.54. The maximum Gasteiger partial charge on any atom is 0.237 e. The molecular formula is C13H15NO3. The highest BCUT2D eigenvalue weighted by molar-refractivity contribution is 5.97. The molecule has 1 aliphatic rings. The minimum Gasteiger partial charge on any atom is -0.618 e. The van der Waals surface area contributed by atoms with Gasteiger partial charge in [0.2, 0.25) is 5.69 Å². The van der Waals surface area contributed by atoms with E-state index in [4.69, 9.17) is 4.74 Å². The number of hydrogen-bond acceptors (Lipinski definition) is 3. The number of hydrogen-bond donors (Lipinski definition) is 0. The van der Waals surface area contributed by atoms with Crippen LogP contribution in [0.15, 0.2) is 36.2 Å². The van der Waals surface area contributed by atoms with Gasteiger partial charge in [0, 0.05) is 17.7 Å². The highest BCUT2D eigenvalue weighted by Crippen LogP contribution is 2.37. The Kier molecular flexibility index (Phi) is 2.65. The van der Waals surface area contributed by atoms with Crippen LogP contribution in [0.2, 0.25) is 0 Å². The fraction of sp³-hybridized carbons (Fsp3) is 0.385. The summed E-state index contributed by atoms with van der Waals surface area (Å²) in [5.74, 6) is -0.363. The van der Waals surface area contributed by atoms with Crippen molar-refractivity contribution < 1.29 is 14.3 Å². The molecular weight excluding hydrogens is 218 g/mol. The number of allylic oxidation sites excluding steroid dienone is 1. The molecule has 0 aliphatic carbocycles. The molecule has 2 atom stereocenters. The average Bonchev–Trinajstić information content (AvgIpc) is 2.32. The minimum atomic E-state index is -0.903. The van der Waals surface area contributed by atoms with E-state index in [9.17, 15) is 10.0 Å². The Labute approximate surface area is 100 Å². The predicted octanol–water partition coefficient (Wildman–Crippen LogP) is 1.67. The second-order valence-electron chi connectivity index (χ2n) is 4.52. The molecule has 0 saturated heterocycles. The van der Waals surface area contributed by atoms with Crippen LogP contribution in [0.5, 0.6) is 0 Å². The van der Waals surface area contributed by atoms with E-state index < -0.39 is 5.60 Å². The Hall–Kier alpha value is -1.84. The molecule has 90 valence electrons.